The van der Waals surface area contributed by atoms with Crippen LogP contribution >= 0.6 is 0 Å². The summed E-state index contributed by atoms with van der Waals surface area (Å²) in [6.07, 6.45) is 0. The normalized spacial score (nSPS) is 10.5. The van der Waals surface area contributed by atoms with Crippen LogP contribution in [0.15, 0.2) is 115 Å². The number of anilines is 4. The number of nitrogen functional groups attached to an aromatic ring is 2. The molecule has 0 spiro atoms. The molecule has 9 nitrogen and oxygen atoms in total. The maximum absolute atomic E-state index is 13.1. The van der Waals surface area contributed by atoms with Crippen molar-refractivity contribution >= 4 is 46.1 Å². The molecule has 0 bridgehead atoms. The number of carbonyl (C=O) groups excluding carboxylic acids is 4. The van der Waals surface area contributed by atoms with Crippen molar-refractivity contribution in [2.75, 3.05) is 22.1 Å². The van der Waals surface area contributed by atoms with Crippen molar-refractivity contribution < 1.29 is 24.3 Å². The molecule has 0 unspecified atom stereocenters. The van der Waals surface area contributed by atoms with E-state index in [1.807, 2.05) is 0 Å². The number of nitrogens with one attached hydrogen (secondary N) is 2. The van der Waals surface area contributed by atoms with Gasteiger partial charge in [0.2, 0.25) is 0 Å². The van der Waals surface area contributed by atoms with Crippen LogP contribution in [-0.4, -0.2) is 28.5 Å². The average molecular weight is 571 g/mol. The van der Waals surface area contributed by atoms with Crippen LogP contribution in [0.2, 0.25) is 0 Å². The highest BCUT2D eigenvalue weighted by Gasteiger charge is 2.16. The van der Waals surface area contributed by atoms with Gasteiger partial charge in [-0.15, -0.1) is 0 Å². The number of amides is 2. The first kappa shape index (κ1) is 28.3. The molecule has 5 rings (SSSR count). The summed E-state index contributed by atoms with van der Waals surface area (Å²) in [5, 5.41) is 15.7. The Kier molecular flexibility index (Phi) is 7.97. The Labute approximate surface area is 246 Å². The maximum atomic E-state index is 13.1. The molecule has 2 amide bonds. The van der Waals surface area contributed by atoms with Gasteiger partial charge in [-0.25, -0.2) is 0 Å². The van der Waals surface area contributed by atoms with Gasteiger partial charge in [0.1, 0.15) is 5.75 Å². The van der Waals surface area contributed by atoms with Crippen LogP contribution in [0.3, 0.4) is 0 Å². The fourth-order valence-electron chi connectivity index (χ4n) is 4.45. The zero-order valence-corrected chi connectivity index (χ0v) is 22.7. The van der Waals surface area contributed by atoms with E-state index in [2.05, 4.69) is 10.6 Å². The minimum atomic E-state index is -0.603. The van der Waals surface area contributed by atoms with Crippen molar-refractivity contribution in [1.29, 1.82) is 0 Å². The zero-order valence-electron chi connectivity index (χ0n) is 22.7. The number of hydrogen-bond donors (Lipinski definition) is 5. The summed E-state index contributed by atoms with van der Waals surface area (Å²) in [7, 11) is 0. The number of phenolic OH excluding ortho intramolecular Hbond substituents is 1. The molecule has 0 aliphatic carbocycles. The second-order valence-corrected chi connectivity index (χ2v) is 9.75. The number of ketones is 2. The molecule has 5 aromatic rings. The number of phenols is 1. The summed E-state index contributed by atoms with van der Waals surface area (Å²) in [5.41, 5.74) is 14.7. The molecule has 0 atom stereocenters. The van der Waals surface area contributed by atoms with Crippen LogP contribution in [0.5, 0.6) is 5.75 Å². The minimum Gasteiger partial charge on any atom is -0.508 e. The van der Waals surface area contributed by atoms with Gasteiger partial charge in [0, 0.05) is 56.1 Å². The second kappa shape index (κ2) is 12.1. The average Bonchev–Trinajstić information content (AvgIpc) is 3.00. The fraction of sp³-hybridized carbons (Fsp3) is 0. The molecule has 7 N–H and O–H groups in total. The van der Waals surface area contributed by atoms with Crippen molar-refractivity contribution in [2.45, 2.75) is 0 Å². The lowest BCUT2D eigenvalue weighted by atomic mass is 10.0. The number of hydrogen-bond acceptors (Lipinski definition) is 7. The predicted molar refractivity (Wildman–Crippen MR) is 165 cm³/mol. The summed E-state index contributed by atoms with van der Waals surface area (Å²) < 4.78 is 0. The molecule has 0 fully saturated rings. The van der Waals surface area contributed by atoms with Gasteiger partial charge in [-0.05, 0) is 66.7 Å². The van der Waals surface area contributed by atoms with E-state index in [4.69, 9.17) is 11.5 Å². The van der Waals surface area contributed by atoms with E-state index < -0.39 is 11.8 Å². The summed E-state index contributed by atoms with van der Waals surface area (Å²) >= 11 is 0. The molecule has 0 aliphatic rings. The molecular formula is C34H26N4O5. The number of nitrogens with two attached hydrogens (primary N) is 2. The first-order valence-corrected chi connectivity index (χ1v) is 13.1. The molecule has 5 aromatic carbocycles. The van der Waals surface area contributed by atoms with Gasteiger partial charge in [0.25, 0.3) is 11.8 Å². The van der Waals surface area contributed by atoms with Crippen molar-refractivity contribution in [3.8, 4) is 5.75 Å². The summed E-state index contributed by atoms with van der Waals surface area (Å²) in [6.45, 7) is 0. The first-order chi connectivity index (χ1) is 20.7. The summed E-state index contributed by atoms with van der Waals surface area (Å²) in [5.74, 6) is -2.03. The van der Waals surface area contributed by atoms with Crippen molar-refractivity contribution in [2.24, 2.45) is 0 Å². The number of rotatable bonds is 8. The molecule has 43 heavy (non-hydrogen) atoms. The van der Waals surface area contributed by atoms with Gasteiger partial charge in [0.05, 0.1) is 0 Å². The highest BCUT2D eigenvalue weighted by Crippen LogP contribution is 2.22. The van der Waals surface area contributed by atoms with Crippen LogP contribution in [-0.2, 0) is 0 Å². The Morgan fingerprint density at radius 3 is 1.23 bits per heavy atom. The fourth-order valence-corrected chi connectivity index (χ4v) is 4.45. The van der Waals surface area contributed by atoms with Gasteiger partial charge >= 0.3 is 0 Å². The lowest BCUT2D eigenvalue weighted by Crippen LogP contribution is -2.16. The van der Waals surface area contributed by atoms with Crippen LogP contribution in [0.1, 0.15) is 52.6 Å². The molecule has 0 heterocycles. The Balaban J connectivity index is 1.31. The van der Waals surface area contributed by atoms with E-state index in [0.29, 0.717) is 45.0 Å². The van der Waals surface area contributed by atoms with Gasteiger partial charge in [-0.3, -0.25) is 19.2 Å². The SMILES string of the molecule is Nc1cccc(C(=O)c2cccc(NC(=O)c3cc(O)cc(C(=O)Nc4cccc(C(=O)c5cccc(N)c5)c4)c3)c2)c1. The van der Waals surface area contributed by atoms with Crippen molar-refractivity contribution in [3.63, 3.8) is 0 Å². The Morgan fingerprint density at radius 2 is 0.837 bits per heavy atom. The number of carbonyl (C=O) groups is 4. The Bertz CT molecular complexity index is 1770. The highest BCUT2D eigenvalue weighted by molar-refractivity contribution is 6.13. The third kappa shape index (κ3) is 6.75. The number of benzene rings is 5. The highest BCUT2D eigenvalue weighted by atomic mass is 16.3. The van der Waals surface area contributed by atoms with Gasteiger partial charge in [-0.1, -0.05) is 48.5 Å². The van der Waals surface area contributed by atoms with E-state index in [1.54, 1.807) is 84.9 Å². The van der Waals surface area contributed by atoms with E-state index in [-0.39, 0.29) is 28.4 Å². The van der Waals surface area contributed by atoms with Crippen molar-refractivity contribution in [1.82, 2.24) is 0 Å². The molecule has 0 saturated heterocycles. The van der Waals surface area contributed by atoms with Crippen LogP contribution in [0, 0.1) is 0 Å². The molecule has 0 aliphatic heterocycles. The molecule has 0 saturated carbocycles. The summed E-state index contributed by atoms with van der Waals surface area (Å²) in [6, 6.07) is 29.7. The second-order valence-electron chi connectivity index (χ2n) is 9.75. The quantitative estimate of drug-likeness (QED) is 0.121. The third-order valence-electron chi connectivity index (χ3n) is 6.51. The van der Waals surface area contributed by atoms with E-state index in [9.17, 15) is 24.3 Å². The van der Waals surface area contributed by atoms with Gasteiger partial charge < -0.3 is 27.2 Å². The minimum absolute atomic E-state index is 0.0170. The van der Waals surface area contributed by atoms with Gasteiger partial charge in [-0.2, -0.15) is 0 Å². The lowest BCUT2D eigenvalue weighted by Gasteiger charge is -2.11. The molecule has 0 radical (unpaired) electrons. The molecule has 212 valence electrons. The molecular weight excluding hydrogens is 544 g/mol. The van der Waals surface area contributed by atoms with Crippen LogP contribution in [0.25, 0.3) is 0 Å². The monoisotopic (exact) mass is 570 g/mol. The van der Waals surface area contributed by atoms with Crippen LogP contribution in [0.4, 0.5) is 22.7 Å². The maximum Gasteiger partial charge on any atom is 0.255 e. The third-order valence-corrected chi connectivity index (χ3v) is 6.51. The molecule has 9 heteroatoms. The summed E-state index contributed by atoms with van der Waals surface area (Å²) in [4.78, 5) is 51.9. The lowest BCUT2D eigenvalue weighted by molar-refractivity contribution is 0.101. The topological polar surface area (TPSA) is 165 Å². The van der Waals surface area contributed by atoms with E-state index in [1.165, 1.54) is 30.3 Å². The van der Waals surface area contributed by atoms with E-state index in [0.717, 1.165) is 0 Å². The standard InChI is InChI=1S/C34H26N4O5/c35-26-9-1-5-20(14-26)31(40)22-7-3-11-28(16-22)37-33(42)24-13-25(19-30(39)18-24)34(43)38-29-12-4-8-23(17-29)32(41)21-6-2-10-27(36)15-21/h1-19,39H,35-36H2,(H,37,42)(H,38,43). The van der Waals surface area contributed by atoms with Crippen molar-refractivity contribution in [3.05, 3.63) is 149 Å². The molecule has 0 aromatic heterocycles. The predicted octanol–water partition coefficient (Wildman–Crippen LogP) is 5.52. The smallest absolute Gasteiger partial charge is 0.255 e. The number of aromatic hydroxyl groups is 1. The first-order valence-electron chi connectivity index (χ1n) is 13.1. The van der Waals surface area contributed by atoms with Crippen LogP contribution < -0.4 is 22.1 Å². The van der Waals surface area contributed by atoms with E-state index >= 15 is 0 Å². The Morgan fingerprint density at radius 1 is 0.465 bits per heavy atom. The zero-order chi connectivity index (χ0) is 30.5. The van der Waals surface area contributed by atoms with Gasteiger partial charge in [0.15, 0.2) is 11.6 Å². The Hall–Kier alpha value is -6.22. The largest absolute Gasteiger partial charge is 0.508 e.